The van der Waals surface area contributed by atoms with Gasteiger partial charge in [0.15, 0.2) is 0 Å². The SMILES string of the molecule is Cc1cc(CO)c(CN)cn1. The summed E-state index contributed by atoms with van der Waals surface area (Å²) in [5.74, 6) is 0. The molecule has 1 aromatic heterocycles. The Kier molecular flexibility index (Phi) is 2.57. The van der Waals surface area contributed by atoms with Gasteiger partial charge in [0.1, 0.15) is 0 Å². The molecular weight excluding hydrogens is 140 g/mol. The number of rotatable bonds is 2. The summed E-state index contributed by atoms with van der Waals surface area (Å²) < 4.78 is 0. The molecule has 0 saturated heterocycles. The minimum absolute atomic E-state index is 0.0376. The fourth-order valence-corrected chi connectivity index (χ4v) is 0.976. The number of pyridine rings is 1. The van der Waals surface area contributed by atoms with Gasteiger partial charge in [0.25, 0.3) is 0 Å². The van der Waals surface area contributed by atoms with Gasteiger partial charge in [-0.05, 0) is 24.1 Å². The zero-order valence-electron chi connectivity index (χ0n) is 6.54. The van der Waals surface area contributed by atoms with Crippen LogP contribution in [0, 0.1) is 6.92 Å². The molecule has 0 saturated carbocycles. The highest BCUT2D eigenvalue weighted by atomic mass is 16.3. The van der Waals surface area contributed by atoms with Gasteiger partial charge in [-0.2, -0.15) is 0 Å². The molecule has 11 heavy (non-hydrogen) atoms. The van der Waals surface area contributed by atoms with Crippen LogP contribution in [0.5, 0.6) is 0 Å². The van der Waals surface area contributed by atoms with E-state index in [4.69, 9.17) is 10.8 Å². The van der Waals surface area contributed by atoms with Crippen molar-refractivity contribution < 1.29 is 5.11 Å². The van der Waals surface area contributed by atoms with Gasteiger partial charge in [0.05, 0.1) is 6.61 Å². The second-order valence-corrected chi connectivity index (χ2v) is 2.46. The smallest absolute Gasteiger partial charge is 0.0686 e. The van der Waals surface area contributed by atoms with Gasteiger partial charge in [-0.25, -0.2) is 0 Å². The van der Waals surface area contributed by atoms with E-state index in [1.54, 1.807) is 6.20 Å². The molecule has 0 fully saturated rings. The van der Waals surface area contributed by atoms with Crippen LogP contribution in [0.4, 0.5) is 0 Å². The molecule has 0 spiro atoms. The van der Waals surface area contributed by atoms with E-state index in [0.29, 0.717) is 6.54 Å². The molecule has 1 aromatic rings. The van der Waals surface area contributed by atoms with Crippen LogP contribution in [0.15, 0.2) is 12.3 Å². The van der Waals surface area contributed by atoms with Crippen LogP contribution in [0.3, 0.4) is 0 Å². The minimum atomic E-state index is 0.0376. The second kappa shape index (κ2) is 3.46. The Bertz CT molecular complexity index is 248. The van der Waals surface area contributed by atoms with Gasteiger partial charge in [0, 0.05) is 18.4 Å². The van der Waals surface area contributed by atoms with Crippen LogP contribution in [-0.4, -0.2) is 10.1 Å². The lowest BCUT2D eigenvalue weighted by molar-refractivity contribution is 0.280. The van der Waals surface area contributed by atoms with Crippen molar-refractivity contribution in [3.63, 3.8) is 0 Å². The molecule has 1 rings (SSSR count). The largest absolute Gasteiger partial charge is 0.392 e. The van der Waals surface area contributed by atoms with Gasteiger partial charge >= 0.3 is 0 Å². The quantitative estimate of drug-likeness (QED) is 0.642. The average molecular weight is 152 g/mol. The van der Waals surface area contributed by atoms with E-state index in [1.165, 1.54) is 0 Å². The van der Waals surface area contributed by atoms with E-state index < -0.39 is 0 Å². The Balaban J connectivity index is 3.06. The van der Waals surface area contributed by atoms with Crippen molar-refractivity contribution in [2.45, 2.75) is 20.1 Å². The van der Waals surface area contributed by atoms with Crippen molar-refractivity contribution in [3.8, 4) is 0 Å². The Morgan fingerprint density at radius 1 is 1.55 bits per heavy atom. The average Bonchev–Trinajstić information content (AvgIpc) is 2.04. The zero-order valence-corrected chi connectivity index (χ0v) is 6.54. The van der Waals surface area contributed by atoms with E-state index in [9.17, 15) is 0 Å². The Morgan fingerprint density at radius 2 is 2.27 bits per heavy atom. The Hall–Kier alpha value is -0.930. The van der Waals surface area contributed by atoms with Crippen LogP contribution in [-0.2, 0) is 13.2 Å². The van der Waals surface area contributed by atoms with E-state index >= 15 is 0 Å². The summed E-state index contributed by atoms with van der Waals surface area (Å²) in [7, 11) is 0. The van der Waals surface area contributed by atoms with E-state index in [0.717, 1.165) is 16.8 Å². The van der Waals surface area contributed by atoms with Crippen molar-refractivity contribution in [2.75, 3.05) is 0 Å². The van der Waals surface area contributed by atoms with E-state index in [1.807, 2.05) is 13.0 Å². The topological polar surface area (TPSA) is 59.1 Å². The fraction of sp³-hybridized carbons (Fsp3) is 0.375. The molecular formula is C8H12N2O. The van der Waals surface area contributed by atoms with Crippen LogP contribution < -0.4 is 5.73 Å². The predicted octanol–water partition coefficient (Wildman–Crippen LogP) is 0.341. The first kappa shape index (κ1) is 8.17. The summed E-state index contributed by atoms with van der Waals surface area (Å²) in [6.07, 6.45) is 1.71. The molecule has 3 N–H and O–H groups in total. The van der Waals surface area contributed by atoms with Gasteiger partial charge in [0.2, 0.25) is 0 Å². The number of aromatic nitrogens is 1. The number of aliphatic hydroxyl groups is 1. The third kappa shape index (κ3) is 1.76. The third-order valence-corrected chi connectivity index (χ3v) is 1.61. The summed E-state index contributed by atoms with van der Waals surface area (Å²) in [5.41, 5.74) is 8.12. The maximum atomic E-state index is 8.89. The lowest BCUT2D eigenvalue weighted by atomic mass is 10.1. The molecule has 0 aliphatic heterocycles. The number of nitrogens with zero attached hydrogens (tertiary/aromatic N) is 1. The zero-order chi connectivity index (χ0) is 8.27. The van der Waals surface area contributed by atoms with Gasteiger partial charge in [-0.3, -0.25) is 4.98 Å². The number of aryl methyl sites for hydroxylation is 1. The van der Waals surface area contributed by atoms with Gasteiger partial charge in [-0.1, -0.05) is 0 Å². The van der Waals surface area contributed by atoms with Crippen molar-refractivity contribution in [1.29, 1.82) is 0 Å². The molecule has 3 heteroatoms. The van der Waals surface area contributed by atoms with Crippen molar-refractivity contribution in [3.05, 3.63) is 29.1 Å². The molecule has 0 unspecified atom stereocenters. The number of nitrogens with two attached hydrogens (primary N) is 1. The molecule has 0 aliphatic carbocycles. The lowest BCUT2D eigenvalue weighted by Gasteiger charge is -2.03. The first-order valence-electron chi connectivity index (χ1n) is 3.53. The second-order valence-electron chi connectivity index (χ2n) is 2.46. The maximum absolute atomic E-state index is 8.89. The summed E-state index contributed by atoms with van der Waals surface area (Å²) in [4.78, 5) is 4.07. The molecule has 0 aromatic carbocycles. The summed E-state index contributed by atoms with van der Waals surface area (Å²) >= 11 is 0. The standard InChI is InChI=1S/C8H12N2O/c1-6-2-7(5-11)8(3-9)4-10-6/h2,4,11H,3,5,9H2,1H3. The van der Waals surface area contributed by atoms with E-state index in [-0.39, 0.29) is 6.61 Å². The summed E-state index contributed by atoms with van der Waals surface area (Å²) in [6.45, 7) is 2.36. The Morgan fingerprint density at radius 3 is 2.82 bits per heavy atom. The third-order valence-electron chi connectivity index (χ3n) is 1.61. The molecule has 0 radical (unpaired) electrons. The Labute approximate surface area is 65.9 Å². The number of hydrogen-bond acceptors (Lipinski definition) is 3. The molecule has 3 nitrogen and oxygen atoms in total. The summed E-state index contributed by atoms with van der Waals surface area (Å²) in [6, 6.07) is 1.85. The van der Waals surface area contributed by atoms with Crippen molar-refractivity contribution >= 4 is 0 Å². The van der Waals surface area contributed by atoms with Crippen LogP contribution in [0.25, 0.3) is 0 Å². The molecule has 60 valence electrons. The number of hydrogen-bond donors (Lipinski definition) is 2. The predicted molar refractivity (Wildman–Crippen MR) is 42.8 cm³/mol. The minimum Gasteiger partial charge on any atom is -0.392 e. The molecule has 0 atom stereocenters. The summed E-state index contributed by atoms with van der Waals surface area (Å²) in [5, 5.41) is 8.89. The maximum Gasteiger partial charge on any atom is 0.0686 e. The molecule has 1 heterocycles. The molecule has 0 amide bonds. The van der Waals surface area contributed by atoms with Crippen molar-refractivity contribution in [2.24, 2.45) is 5.73 Å². The number of aliphatic hydroxyl groups excluding tert-OH is 1. The normalized spacial score (nSPS) is 10.1. The van der Waals surface area contributed by atoms with E-state index in [2.05, 4.69) is 4.98 Å². The van der Waals surface area contributed by atoms with Crippen molar-refractivity contribution in [1.82, 2.24) is 4.98 Å². The van der Waals surface area contributed by atoms with Gasteiger partial charge in [-0.15, -0.1) is 0 Å². The van der Waals surface area contributed by atoms with Gasteiger partial charge < -0.3 is 10.8 Å². The van der Waals surface area contributed by atoms with Crippen LogP contribution in [0.2, 0.25) is 0 Å². The van der Waals surface area contributed by atoms with Crippen LogP contribution in [0.1, 0.15) is 16.8 Å². The monoisotopic (exact) mass is 152 g/mol. The first-order valence-corrected chi connectivity index (χ1v) is 3.53. The van der Waals surface area contributed by atoms with Crippen LogP contribution >= 0.6 is 0 Å². The highest BCUT2D eigenvalue weighted by molar-refractivity contribution is 5.25. The highest BCUT2D eigenvalue weighted by Crippen LogP contribution is 2.07. The molecule has 0 bridgehead atoms. The highest BCUT2D eigenvalue weighted by Gasteiger charge is 1.99. The fourth-order valence-electron chi connectivity index (χ4n) is 0.976. The molecule has 0 aliphatic rings. The lowest BCUT2D eigenvalue weighted by Crippen LogP contribution is -2.03. The first-order chi connectivity index (χ1) is 5.27.